The second kappa shape index (κ2) is 4.65. The summed E-state index contributed by atoms with van der Waals surface area (Å²) in [7, 11) is 0. The number of nitrogens with one attached hydrogen (secondary N) is 2. The van der Waals surface area contributed by atoms with Crippen molar-refractivity contribution in [3.63, 3.8) is 0 Å². The number of aromatic amines is 1. The van der Waals surface area contributed by atoms with E-state index in [1.807, 2.05) is 30.3 Å². The van der Waals surface area contributed by atoms with Gasteiger partial charge in [-0.05, 0) is 21.1 Å². The predicted molar refractivity (Wildman–Crippen MR) is 59.7 cm³/mol. The Bertz CT molecular complexity index is 437. The van der Waals surface area contributed by atoms with Crippen LogP contribution in [0.4, 0.5) is 5.95 Å². The largest absolute Gasteiger partial charge is 0.283 e. The summed E-state index contributed by atoms with van der Waals surface area (Å²) in [5.41, 5.74) is 3.61. The van der Waals surface area contributed by atoms with Gasteiger partial charge in [0.1, 0.15) is 4.62 Å². The van der Waals surface area contributed by atoms with Crippen LogP contribution < -0.4 is 5.43 Å². The number of tetrazole rings is 1. The molecule has 15 heavy (non-hydrogen) atoms. The number of aromatic nitrogens is 4. The standard InChI is InChI=1S/C8H7BrN6/c9-7(6-4-2-1-3-5-6)10-11-8-12-14-15-13-8/h1-5H,(H2,11,12,13,14,15). The van der Waals surface area contributed by atoms with Gasteiger partial charge in [-0.25, -0.2) is 5.43 Å². The Morgan fingerprint density at radius 1 is 1.33 bits per heavy atom. The summed E-state index contributed by atoms with van der Waals surface area (Å²) >= 11 is 3.33. The van der Waals surface area contributed by atoms with E-state index in [4.69, 9.17) is 0 Å². The van der Waals surface area contributed by atoms with E-state index in [2.05, 4.69) is 47.1 Å². The molecule has 0 saturated heterocycles. The third-order valence-electron chi connectivity index (χ3n) is 1.61. The van der Waals surface area contributed by atoms with E-state index in [-0.39, 0.29) is 0 Å². The van der Waals surface area contributed by atoms with Crippen LogP contribution in [0.15, 0.2) is 35.4 Å². The number of hydrazone groups is 1. The van der Waals surface area contributed by atoms with Gasteiger partial charge in [-0.3, -0.25) is 0 Å². The Morgan fingerprint density at radius 3 is 2.80 bits per heavy atom. The fraction of sp³-hybridized carbons (Fsp3) is 0. The van der Waals surface area contributed by atoms with Gasteiger partial charge in [0, 0.05) is 5.56 Å². The number of hydrogen-bond acceptors (Lipinski definition) is 5. The van der Waals surface area contributed by atoms with Crippen molar-refractivity contribution in [2.24, 2.45) is 5.10 Å². The molecule has 0 spiro atoms. The lowest BCUT2D eigenvalue weighted by molar-refractivity contribution is 0.881. The van der Waals surface area contributed by atoms with Gasteiger partial charge in [0.2, 0.25) is 0 Å². The molecule has 76 valence electrons. The van der Waals surface area contributed by atoms with E-state index >= 15 is 0 Å². The molecule has 6 nitrogen and oxygen atoms in total. The average Bonchev–Trinajstić information content (AvgIpc) is 2.80. The first-order valence-corrected chi connectivity index (χ1v) is 4.93. The van der Waals surface area contributed by atoms with Gasteiger partial charge < -0.3 is 0 Å². The number of nitrogens with zero attached hydrogens (tertiary/aromatic N) is 4. The SMILES string of the molecule is BrC(=NNc1nn[nH]n1)c1ccccc1. The van der Waals surface area contributed by atoms with Gasteiger partial charge in [0.05, 0.1) is 0 Å². The number of benzene rings is 1. The first-order valence-electron chi connectivity index (χ1n) is 4.14. The van der Waals surface area contributed by atoms with Crippen molar-refractivity contribution >= 4 is 26.5 Å². The lowest BCUT2D eigenvalue weighted by Gasteiger charge is -1.97. The topological polar surface area (TPSA) is 78.9 Å². The monoisotopic (exact) mass is 266 g/mol. The zero-order valence-electron chi connectivity index (χ0n) is 7.55. The molecule has 0 unspecified atom stereocenters. The summed E-state index contributed by atoms with van der Waals surface area (Å²) in [6.07, 6.45) is 0. The minimum atomic E-state index is 0.322. The summed E-state index contributed by atoms with van der Waals surface area (Å²) in [6.45, 7) is 0. The van der Waals surface area contributed by atoms with Gasteiger partial charge in [-0.15, -0.1) is 5.10 Å². The molecule has 0 amide bonds. The summed E-state index contributed by atoms with van der Waals surface area (Å²) in [4.78, 5) is 0. The van der Waals surface area contributed by atoms with Crippen molar-refractivity contribution in [1.29, 1.82) is 0 Å². The number of rotatable bonds is 3. The molecular weight excluding hydrogens is 260 g/mol. The molecule has 0 aliphatic rings. The Balaban J connectivity index is 2.08. The first-order chi connectivity index (χ1) is 7.36. The molecule has 0 radical (unpaired) electrons. The molecule has 2 rings (SSSR count). The highest BCUT2D eigenvalue weighted by Gasteiger charge is 1.98. The van der Waals surface area contributed by atoms with Gasteiger partial charge in [0.15, 0.2) is 0 Å². The molecule has 0 bridgehead atoms. The van der Waals surface area contributed by atoms with Gasteiger partial charge >= 0.3 is 0 Å². The zero-order chi connectivity index (χ0) is 10.5. The van der Waals surface area contributed by atoms with Gasteiger partial charge in [-0.2, -0.15) is 10.3 Å². The summed E-state index contributed by atoms with van der Waals surface area (Å²) in [5, 5.41) is 17.1. The lowest BCUT2D eigenvalue weighted by atomic mass is 10.2. The highest BCUT2D eigenvalue weighted by Crippen LogP contribution is 2.06. The smallest absolute Gasteiger partial charge is 0.241 e. The molecule has 0 aliphatic carbocycles. The van der Waals surface area contributed by atoms with Crippen LogP contribution in [-0.4, -0.2) is 25.2 Å². The Morgan fingerprint density at radius 2 is 2.13 bits per heavy atom. The van der Waals surface area contributed by atoms with Crippen molar-refractivity contribution in [1.82, 2.24) is 20.6 Å². The predicted octanol–water partition coefficient (Wildman–Crippen LogP) is 1.37. The maximum Gasteiger partial charge on any atom is 0.283 e. The molecule has 2 N–H and O–H groups in total. The molecular formula is C8H7BrN6. The van der Waals surface area contributed by atoms with Crippen molar-refractivity contribution in [2.75, 3.05) is 5.43 Å². The highest BCUT2D eigenvalue weighted by atomic mass is 79.9. The van der Waals surface area contributed by atoms with E-state index in [9.17, 15) is 0 Å². The fourth-order valence-electron chi connectivity index (χ4n) is 0.948. The van der Waals surface area contributed by atoms with E-state index in [1.54, 1.807) is 0 Å². The van der Waals surface area contributed by atoms with Crippen LogP contribution in [-0.2, 0) is 0 Å². The Labute approximate surface area is 93.9 Å². The normalized spacial score (nSPS) is 11.4. The first kappa shape index (κ1) is 9.78. The Hall–Kier alpha value is -1.76. The second-order valence-electron chi connectivity index (χ2n) is 2.62. The zero-order valence-corrected chi connectivity index (χ0v) is 9.14. The number of H-pyrrole nitrogens is 1. The second-order valence-corrected chi connectivity index (χ2v) is 3.37. The number of halogens is 1. The lowest BCUT2D eigenvalue weighted by Crippen LogP contribution is -1.97. The number of hydrogen-bond donors (Lipinski definition) is 2. The fourth-order valence-corrected chi connectivity index (χ4v) is 1.30. The maximum atomic E-state index is 4.04. The van der Waals surface area contributed by atoms with Crippen LogP contribution in [0.2, 0.25) is 0 Å². The molecule has 2 aromatic rings. The molecule has 1 aromatic heterocycles. The van der Waals surface area contributed by atoms with Crippen LogP contribution >= 0.6 is 15.9 Å². The van der Waals surface area contributed by atoms with Crippen LogP contribution in [0.25, 0.3) is 0 Å². The van der Waals surface area contributed by atoms with Crippen LogP contribution in [0.1, 0.15) is 5.56 Å². The van der Waals surface area contributed by atoms with Crippen molar-refractivity contribution in [3.05, 3.63) is 35.9 Å². The van der Waals surface area contributed by atoms with E-state index in [1.165, 1.54) is 0 Å². The average molecular weight is 267 g/mol. The summed E-state index contributed by atoms with van der Waals surface area (Å²) in [6, 6.07) is 9.67. The molecule has 0 fully saturated rings. The molecule has 1 heterocycles. The van der Waals surface area contributed by atoms with Crippen molar-refractivity contribution in [3.8, 4) is 0 Å². The minimum Gasteiger partial charge on any atom is -0.241 e. The van der Waals surface area contributed by atoms with Crippen LogP contribution in [0.3, 0.4) is 0 Å². The minimum absolute atomic E-state index is 0.322. The summed E-state index contributed by atoms with van der Waals surface area (Å²) in [5.74, 6) is 0.322. The van der Waals surface area contributed by atoms with Crippen LogP contribution in [0.5, 0.6) is 0 Å². The molecule has 0 aliphatic heterocycles. The molecule has 1 aromatic carbocycles. The quantitative estimate of drug-likeness (QED) is 0.650. The van der Waals surface area contributed by atoms with Gasteiger partial charge in [-0.1, -0.05) is 35.4 Å². The van der Waals surface area contributed by atoms with E-state index < -0.39 is 0 Å². The third-order valence-corrected chi connectivity index (χ3v) is 2.25. The van der Waals surface area contributed by atoms with Crippen molar-refractivity contribution in [2.45, 2.75) is 0 Å². The number of anilines is 1. The third kappa shape index (κ3) is 2.59. The highest BCUT2D eigenvalue weighted by molar-refractivity contribution is 9.18. The maximum absolute atomic E-state index is 4.04. The van der Waals surface area contributed by atoms with Crippen molar-refractivity contribution < 1.29 is 0 Å². The van der Waals surface area contributed by atoms with E-state index in [0.29, 0.717) is 10.6 Å². The molecule has 0 saturated carbocycles. The molecule has 0 atom stereocenters. The molecule has 7 heteroatoms. The van der Waals surface area contributed by atoms with Crippen LogP contribution in [0, 0.1) is 0 Å². The van der Waals surface area contributed by atoms with E-state index in [0.717, 1.165) is 5.56 Å². The summed E-state index contributed by atoms with van der Waals surface area (Å²) < 4.78 is 0.674. The van der Waals surface area contributed by atoms with Gasteiger partial charge in [0.25, 0.3) is 5.95 Å². The Kier molecular flexibility index (Phi) is 3.03.